The Morgan fingerprint density at radius 2 is 1.79 bits per heavy atom. The van der Waals surface area contributed by atoms with Gasteiger partial charge >= 0.3 is 0 Å². The Morgan fingerprint density at radius 3 is 2.21 bits per heavy atom. The number of hydrogen-bond donors (Lipinski definition) is 1. The van der Waals surface area contributed by atoms with Crippen LogP contribution in [0.3, 0.4) is 0 Å². The van der Waals surface area contributed by atoms with Gasteiger partial charge < -0.3 is 9.84 Å². The summed E-state index contributed by atoms with van der Waals surface area (Å²) in [5, 5.41) is 6.89. The largest absolute Gasteiger partial charge is 0.483 e. The lowest BCUT2D eigenvalue weighted by Crippen LogP contribution is -1.80. The maximum Gasteiger partial charge on any atom is 0.290 e. The number of allylic oxidation sites excluding steroid dienone is 1. The molecule has 1 rings (SSSR count). The summed E-state index contributed by atoms with van der Waals surface area (Å²) >= 11 is 0. The van der Waals surface area contributed by atoms with Crippen LogP contribution in [0.5, 0.6) is 5.75 Å². The Hall–Kier alpha value is -1.77. The van der Waals surface area contributed by atoms with Crippen molar-refractivity contribution in [3.63, 3.8) is 0 Å². The molecule has 0 amide bonds. The van der Waals surface area contributed by atoms with E-state index in [1.807, 2.05) is 37.3 Å². The van der Waals surface area contributed by atoms with E-state index < -0.39 is 0 Å². The monoisotopic (exact) mass is 194 g/mol. The predicted octanol–water partition coefficient (Wildman–Crippen LogP) is 2.61. The average Bonchev–Trinajstić information content (AvgIpc) is 2.18. The van der Waals surface area contributed by atoms with Gasteiger partial charge in [-0.25, -0.2) is 0 Å². The fourth-order valence-corrected chi connectivity index (χ4v) is 0.763. The van der Waals surface area contributed by atoms with E-state index in [9.17, 15) is 0 Å². The van der Waals surface area contributed by atoms with E-state index in [-0.39, 0.29) is 6.47 Å². The van der Waals surface area contributed by atoms with Crippen LogP contribution < -0.4 is 4.74 Å². The highest BCUT2D eigenvalue weighted by Gasteiger charge is 1.87. The second-order valence-electron chi connectivity index (χ2n) is 2.51. The van der Waals surface area contributed by atoms with Gasteiger partial charge in [0.2, 0.25) is 0 Å². The molecule has 14 heavy (non-hydrogen) atoms. The number of rotatable bonds is 2. The van der Waals surface area contributed by atoms with E-state index >= 15 is 0 Å². The first-order valence-corrected chi connectivity index (χ1v) is 4.17. The number of carbonyl (C=O) groups is 1. The molecule has 0 aromatic heterocycles. The fourth-order valence-electron chi connectivity index (χ4n) is 0.763. The number of benzene rings is 1. The SMILES string of the molecule is C/C=C/Oc1ccc(C)cc1.O=CO. The summed E-state index contributed by atoms with van der Waals surface area (Å²) < 4.78 is 5.23. The van der Waals surface area contributed by atoms with Gasteiger partial charge in [-0.05, 0) is 26.0 Å². The third-order valence-corrected chi connectivity index (χ3v) is 1.36. The first-order valence-electron chi connectivity index (χ1n) is 4.17. The van der Waals surface area contributed by atoms with Crippen LogP contribution in [0, 0.1) is 6.92 Å². The van der Waals surface area contributed by atoms with E-state index in [0.29, 0.717) is 0 Å². The quantitative estimate of drug-likeness (QED) is 0.581. The van der Waals surface area contributed by atoms with Crippen LogP contribution in [0.2, 0.25) is 0 Å². The molecule has 0 aliphatic rings. The van der Waals surface area contributed by atoms with Crippen LogP contribution in [0.25, 0.3) is 0 Å². The van der Waals surface area contributed by atoms with E-state index in [0.717, 1.165) is 5.75 Å². The molecule has 0 spiro atoms. The van der Waals surface area contributed by atoms with Gasteiger partial charge in [0.1, 0.15) is 5.75 Å². The molecule has 0 bridgehead atoms. The molecule has 0 unspecified atom stereocenters. The summed E-state index contributed by atoms with van der Waals surface area (Å²) in [6.07, 6.45) is 3.53. The van der Waals surface area contributed by atoms with Crippen molar-refractivity contribution >= 4 is 6.47 Å². The Kier molecular flexibility index (Phi) is 6.86. The van der Waals surface area contributed by atoms with Crippen molar-refractivity contribution in [1.29, 1.82) is 0 Å². The van der Waals surface area contributed by atoms with Crippen LogP contribution in [0.1, 0.15) is 12.5 Å². The van der Waals surface area contributed by atoms with Crippen LogP contribution in [-0.2, 0) is 4.79 Å². The molecule has 0 radical (unpaired) electrons. The number of aryl methyl sites for hydroxylation is 1. The van der Waals surface area contributed by atoms with Crippen LogP contribution in [0.15, 0.2) is 36.6 Å². The van der Waals surface area contributed by atoms with Crippen molar-refractivity contribution in [3.8, 4) is 5.75 Å². The van der Waals surface area contributed by atoms with E-state index in [1.165, 1.54) is 5.56 Å². The molecule has 0 aliphatic carbocycles. The van der Waals surface area contributed by atoms with Gasteiger partial charge in [-0.2, -0.15) is 0 Å². The molecule has 76 valence electrons. The third kappa shape index (κ3) is 5.83. The molecule has 1 aromatic rings. The highest BCUT2D eigenvalue weighted by atomic mass is 16.5. The van der Waals surface area contributed by atoms with E-state index in [4.69, 9.17) is 14.6 Å². The average molecular weight is 194 g/mol. The van der Waals surface area contributed by atoms with E-state index in [1.54, 1.807) is 6.26 Å². The summed E-state index contributed by atoms with van der Waals surface area (Å²) in [7, 11) is 0. The summed E-state index contributed by atoms with van der Waals surface area (Å²) in [5.74, 6) is 0.883. The maximum absolute atomic E-state index is 8.36. The molecule has 0 heterocycles. The fraction of sp³-hybridized carbons (Fsp3) is 0.182. The molecule has 1 aromatic carbocycles. The van der Waals surface area contributed by atoms with Gasteiger partial charge in [0, 0.05) is 0 Å². The topological polar surface area (TPSA) is 46.5 Å². The second kappa shape index (κ2) is 7.86. The molecule has 1 N–H and O–H groups in total. The van der Waals surface area contributed by atoms with Crippen molar-refractivity contribution in [3.05, 3.63) is 42.2 Å². The van der Waals surface area contributed by atoms with Crippen molar-refractivity contribution in [2.24, 2.45) is 0 Å². The minimum atomic E-state index is -0.250. The standard InChI is InChI=1S/C10H12O.CH2O2/c1-3-8-11-10-6-4-9(2)5-7-10;2-1-3/h3-8H,1-2H3;1H,(H,2,3)/b8-3+;. The molecule has 0 aliphatic heterocycles. The smallest absolute Gasteiger partial charge is 0.290 e. The summed E-state index contributed by atoms with van der Waals surface area (Å²) in [4.78, 5) is 8.36. The summed E-state index contributed by atoms with van der Waals surface area (Å²) in [6, 6.07) is 7.96. The van der Waals surface area contributed by atoms with Gasteiger partial charge in [0.15, 0.2) is 0 Å². The summed E-state index contributed by atoms with van der Waals surface area (Å²) in [5.41, 5.74) is 1.25. The van der Waals surface area contributed by atoms with Gasteiger partial charge in [-0.1, -0.05) is 23.8 Å². The van der Waals surface area contributed by atoms with Gasteiger partial charge in [-0.15, -0.1) is 0 Å². The maximum atomic E-state index is 8.36. The Balaban J connectivity index is 0.000000500. The molecule has 0 saturated heterocycles. The Morgan fingerprint density at radius 1 is 1.29 bits per heavy atom. The zero-order chi connectivity index (χ0) is 10.8. The highest BCUT2D eigenvalue weighted by molar-refractivity contribution is 5.32. The summed E-state index contributed by atoms with van der Waals surface area (Å²) in [6.45, 7) is 3.73. The third-order valence-electron chi connectivity index (χ3n) is 1.36. The normalized spacial score (nSPS) is 9.00. The molecular formula is C11H14O3. The van der Waals surface area contributed by atoms with Gasteiger partial charge in [0.25, 0.3) is 6.47 Å². The van der Waals surface area contributed by atoms with Gasteiger partial charge in [-0.3, -0.25) is 4.79 Å². The van der Waals surface area contributed by atoms with Crippen molar-refractivity contribution in [2.75, 3.05) is 0 Å². The van der Waals surface area contributed by atoms with Crippen molar-refractivity contribution in [2.45, 2.75) is 13.8 Å². The van der Waals surface area contributed by atoms with Crippen LogP contribution in [-0.4, -0.2) is 11.6 Å². The number of hydrogen-bond acceptors (Lipinski definition) is 2. The molecule has 0 saturated carbocycles. The molecule has 3 heteroatoms. The van der Waals surface area contributed by atoms with E-state index in [2.05, 4.69) is 6.92 Å². The lowest BCUT2D eigenvalue weighted by atomic mass is 10.2. The molecule has 0 atom stereocenters. The number of ether oxygens (including phenoxy) is 1. The van der Waals surface area contributed by atoms with Gasteiger partial charge in [0.05, 0.1) is 6.26 Å². The first-order chi connectivity index (χ1) is 6.74. The predicted molar refractivity (Wildman–Crippen MR) is 55.3 cm³/mol. The van der Waals surface area contributed by atoms with Crippen LogP contribution in [0.4, 0.5) is 0 Å². The Bertz CT molecular complexity index is 275. The zero-order valence-corrected chi connectivity index (χ0v) is 8.31. The Labute approximate surface area is 83.6 Å². The lowest BCUT2D eigenvalue weighted by molar-refractivity contribution is -0.122. The minimum Gasteiger partial charge on any atom is -0.483 e. The highest BCUT2D eigenvalue weighted by Crippen LogP contribution is 2.11. The first kappa shape index (κ1) is 12.2. The minimum absolute atomic E-state index is 0.250. The number of carboxylic acid groups (broad SMARTS) is 1. The zero-order valence-electron chi connectivity index (χ0n) is 8.31. The molecule has 3 nitrogen and oxygen atoms in total. The van der Waals surface area contributed by atoms with Crippen LogP contribution >= 0.6 is 0 Å². The molecule has 0 fully saturated rings. The lowest BCUT2D eigenvalue weighted by Gasteiger charge is -1.98. The van der Waals surface area contributed by atoms with Crippen molar-refractivity contribution in [1.82, 2.24) is 0 Å². The second-order valence-corrected chi connectivity index (χ2v) is 2.51. The van der Waals surface area contributed by atoms with Crippen molar-refractivity contribution < 1.29 is 14.6 Å². The molecular weight excluding hydrogens is 180 g/mol.